The molecule has 0 heterocycles. The zero-order valence-electron chi connectivity index (χ0n) is 16.5. The van der Waals surface area contributed by atoms with Crippen LogP contribution < -0.4 is 9.47 Å². The van der Waals surface area contributed by atoms with E-state index in [0.717, 1.165) is 11.1 Å². The van der Waals surface area contributed by atoms with Crippen LogP contribution in [0.3, 0.4) is 0 Å². The normalized spacial score (nSPS) is 13.8. The van der Waals surface area contributed by atoms with E-state index in [2.05, 4.69) is 13.8 Å². The van der Waals surface area contributed by atoms with Gasteiger partial charge in [0.05, 0.1) is 18.2 Å². The fourth-order valence-corrected chi connectivity index (χ4v) is 2.99. The number of rotatable bonds is 10. The number of halogens is 2. The molecule has 0 saturated heterocycles. The van der Waals surface area contributed by atoms with Crippen LogP contribution in [0.15, 0.2) is 42.5 Å². The van der Waals surface area contributed by atoms with Crippen molar-refractivity contribution in [3.8, 4) is 11.5 Å². The van der Waals surface area contributed by atoms with Crippen molar-refractivity contribution in [2.75, 3.05) is 25.7 Å². The molecule has 2 aromatic carbocycles. The molecule has 0 saturated carbocycles. The fraction of sp³-hybridized carbons (Fsp3) is 0.455. The lowest BCUT2D eigenvalue weighted by Crippen LogP contribution is -2.21. The highest BCUT2D eigenvalue weighted by molar-refractivity contribution is 6.32. The van der Waals surface area contributed by atoms with Crippen LogP contribution >= 0.6 is 23.2 Å². The Morgan fingerprint density at radius 2 is 1.64 bits per heavy atom. The monoisotopic (exact) mass is 426 g/mol. The smallest absolute Gasteiger partial charge is 0.137 e. The lowest BCUT2D eigenvalue weighted by atomic mass is 9.78. The second kappa shape index (κ2) is 10.4. The molecule has 2 rings (SSSR count). The summed E-state index contributed by atoms with van der Waals surface area (Å²) in [6, 6.07) is 13.5. The van der Waals surface area contributed by atoms with Crippen LogP contribution in [0.25, 0.3) is 0 Å². The van der Waals surface area contributed by atoms with E-state index >= 15 is 0 Å². The summed E-state index contributed by atoms with van der Waals surface area (Å²) in [6.45, 7) is 6.53. The van der Waals surface area contributed by atoms with Gasteiger partial charge in [-0.15, -0.1) is 11.6 Å². The predicted molar refractivity (Wildman–Crippen MR) is 114 cm³/mol. The molecular weight excluding hydrogens is 399 g/mol. The number of hydrogen-bond donors (Lipinski definition) is 2. The van der Waals surface area contributed by atoms with Crippen LogP contribution in [0.2, 0.25) is 5.02 Å². The lowest BCUT2D eigenvalue weighted by molar-refractivity contribution is 0.0536. The zero-order valence-corrected chi connectivity index (χ0v) is 18.0. The molecule has 2 unspecified atom stereocenters. The highest BCUT2D eigenvalue weighted by Gasteiger charge is 2.24. The van der Waals surface area contributed by atoms with Gasteiger partial charge >= 0.3 is 0 Å². The Morgan fingerprint density at radius 3 is 2.21 bits per heavy atom. The van der Waals surface area contributed by atoms with Gasteiger partial charge in [0.2, 0.25) is 0 Å². The van der Waals surface area contributed by atoms with Gasteiger partial charge in [-0.25, -0.2) is 0 Å². The second-order valence-corrected chi connectivity index (χ2v) is 8.23. The van der Waals surface area contributed by atoms with Gasteiger partial charge in [0, 0.05) is 17.2 Å². The summed E-state index contributed by atoms with van der Waals surface area (Å²) in [5, 5.41) is 18.8. The standard InChI is InChI=1S/C22H28Cl2O4/c1-15(11-23)13-28-21-9-6-17(10-20(21)24)22(2,3)16-4-7-19(8-5-16)27-14-18(26)12-25/h4-10,15,18,25-26H,11-14H2,1-3H3. The van der Waals surface area contributed by atoms with Gasteiger partial charge in [-0.1, -0.05) is 50.6 Å². The third-order valence-corrected chi connectivity index (χ3v) is 5.49. The van der Waals surface area contributed by atoms with Crippen LogP contribution in [0.1, 0.15) is 31.9 Å². The number of hydrogen-bond acceptors (Lipinski definition) is 4. The van der Waals surface area contributed by atoms with E-state index in [9.17, 15) is 5.11 Å². The Labute approximate surface area is 177 Å². The maximum Gasteiger partial charge on any atom is 0.137 e. The zero-order chi connectivity index (χ0) is 20.7. The van der Waals surface area contributed by atoms with E-state index in [1.54, 1.807) is 0 Å². The van der Waals surface area contributed by atoms with Crippen molar-refractivity contribution in [2.24, 2.45) is 5.92 Å². The molecule has 0 bridgehead atoms. The Balaban J connectivity index is 2.11. The molecule has 2 atom stereocenters. The summed E-state index contributed by atoms with van der Waals surface area (Å²) >= 11 is 12.3. The van der Waals surface area contributed by atoms with E-state index in [0.29, 0.717) is 29.0 Å². The third-order valence-electron chi connectivity index (χ3n) is 4.67. The maximum absolute atomic E-state index is 9.38. The number of aliphatic hydroxyl groups excluding tert-OH is 2. The quantitative estimate of drug-likeness (QED) is 0.542. The first-order valence-corrected chi connectivity index (χ1v) is 10.2. The summed E-state index contributed by atoms with van der Waals surface area (Å²) in [5.41, 5.74) is 1.90. The summed E-state index contributed by atoms with van der Waals surface area (Å²) in [6.07, 6.45) is -0.883. The molecular formula is C22H28Cl2O4. The van der Waals surface area contributed by atoms with E-state index in [1.165, 1.54) is 0 Å². The molecule has 154 valence electrons. The first-order chi connectivity index (χ1) is 13.3. The Morgan fingerprint density at radius 1 is 1.00 bits per heavy atom. The minimum atomic E-state index is -0.883. The minimum absolute atomic E-state index is 0.0542. The Hall–Kier alpha value is -1.46. The molecule has 0 spiro atoms. The van der Waals surface area contributed by atoms with Crippen molar-refractivity contribution < 1.29 is 19.7 Å². The topological polar surface area (TPSA) is 58.9 Å². The summed E-state index contributed by atoms with van der Waals surface area (Å²) < 4.78 is 11.2. The molecule has 4 nitrogen and oxygen atoms in total. The molecule has 6 heteroatoms. The molecule has 0 aliphatic rings. The van der Waals surface area contributed by atoms with E-state index in [-0.39, 0.29) is 24.5 Å². The molecule has 2 aromatic rings. The van der Waals surface area contributed by atoms with E-state index < -0.39 is 6.10 Å². The van der Waals surface area contributed by atoms with Crippen molar-refractivity contribution >= 4 is 23.2 Å². The Bertz CT molecular complexity index is 747. The highest BCUT2D eigenvalue weighted by atomic mass is 35.5. The average molecular weight is 427 g/mol. The van der Waals surface area contributed by atoms with Gasteiger partial charge < -0.3 is 19.7 Å². The lowest BCUT2D eigenvalue weighted by Gasteiger charge is -2.27. The van der Waals surface area contributed by atoms with Crippen molar-refractivity contribution in [1.29, 1.82) is 0 Å². The fourth-order valence-electron chi connectivity index (χ4n) is 2.66. The molecule has 0 amide bonds. The summed E-state index contributed by atoms with van der Waals surface area (Å²) in [7, 11) is 0. The van der Waals surface area contributed by atoms with Gasteiger partial charge in [0.15, 0.2) is 0 Å². The first kappa shape index (κ1) is 22.8. The molecule has 2 N–H and O–H groups in total. The van der Waals surface area contributed by atoms with Gasteiger partial charge in [-0.3, -0.25) is 0 Å². The number of benzene rings is 2. The molecule has 0 aliphatic heterocycles. The molecule has 0 radical (unpaired) electrons. The molecule has 0 aromatic heterocycles. The van der Waals surface area contributed by atoms with Crippen LogP contribution in [0.5, 0.6) is 11.5 Å². The van der Waals surface area contributed by atoms with Gasteiger partial charge in [-0.05, 0) is 35.4 Å². The summed E-state index contributed by atoms with van der Waals surface area (Å²) in [4.78, 5) is 0. The highest BCUT2D eigenvalue weighted by Crippen LogP contribution is 2.36. The average Bonchev–Trinajstić information content (AvgIpc) is 2.70. The van der Waals surface area contributed by atoms with Gasteiger partial charge in [0.25, 0.3) is 0 Å². The van der Waals surface area contributed by atoms with Gasteiger partial charge in [-0.2, -0.15) is 0 Å². The van der Waals surface area contributed by atoms with E-state index in [1.807, 2.05) is 49.4 Å². The van der Waals surface area contributed by atoms with Crippen molar-refractivity contribution in [3.05, 3.63) is 58.6 Å². The van der Waals surface area contributed by atoms with Crippen LogP contribution in [0, 0.1) is 5.92 Å². The Kier molecular flexibility index (Phi) is 8.44. The van der Waals surface area contributed by atoms with Crippen molar-refractivity contribution in [1.82, 2.24) is 0 Å². The number of aliphatic hydroxyl groups is 2. The molecule has 0 fully saturated rings. The van der Waals surface area contributed by atoms with Crippen LogP contribution in [-0.4, -0.2) is 42.0 Å². The first-order valence-electron chi connectivity index (χ1n) is 9.29. The summed E-state index contributed by atoms with van der Waals surface area (Å²) in [5.74, 6) is 2.10. The predicted octanol–water partition coefficient (Wildman–Crippen LogP) is 4.65. The molecule has 28 heavy (non-hydrogen) atoms. The van der Waals surface area contributed by atoms with Gasteiger partial charge in [0.1, 0.15) is 24.2 Å². The van der Waals surface area contributed by atoms with Crippen LogP contribution in [-0.2, 0) is 5.41 Å². The third kappa shape index (κ3) is 6.02. The minimum Gasteiger partial charge on any atom is -0.492 e. The SMILES string of the molecule is CC(CCl)COc1ccc(C(C)(C)c2ccc(OCC(O)CO)cc2)cc1Cl. The van der Waals surface area contributed by atoms with E-state index in [4.69, 9.17) is 37.8 Å². The molecule has 0 aliphatic carbocycles. The largest absolute Gasteiger partial charge is 0.492 e. The van der Waals surface area contributed by atoms with Crippen LogP contribution in [0.4, 0.5) is 0 Å². The number of alkyl halides is 1. The number of ether oxygens (including phenoxy) is 2. The van der Waals surface area contributed by atoms with Crippen molar-refractivity contribution in [2.45, 2.75) is 32.3 Å². The maximum atomic E-state index is 9.38. The second-order valence-electron chi connectivity index (χ2n) is 7.51. The van der Waals surface area contributed by atoms with Crippen molar-refractivity contribution in [3.63, 3.8) is 0 Å².